The van der Waals surface area contributed by atoms with Crippen molar-refractivity contribution in [3.63, 3.8) is 0 Å². The van der Waals surface area contributed by atoms with Crippen LogP contribution < -0.4 is 20.4 Å². The fraction of sp³-hybridized carbons (Fsp3) is 0.350. The molecule has 8 nitrogen and oxygen atoms in total. The third kappa shape index (κ3) is 10.0. The molecule has 1 aliphatic rings. The van der Waals surface area contributed by atoms with Crippen molar-refractivity contribution in [2.75, 3.05) is 61.7 Å². The normalized spacial score (nSPS) is 15.7. The minimum atomic E-state index is -0.0936. The summed E-state index contributed by atoms with van der Waals surface area (Å²) in [5.74, 6) is 0.684. The monoisotopic (exact) mass is 646 g/mol. The van der Waals surface area contributed by atoms with Crippen molar-refractivity contribution in [1.29, 1.82) is 0 Å². The van der Waals surface area contributed by atoms with Crippen LogP contribution in [0.3, 0.4) is 0 Å². The second-order valence-corrected chi connectivity index (χ2v) is 13.4. The predicted octanol–water partition coefficient (Wildman–Crippen LogP) is 8.39. The van der Waals surface area contributed by atoms with Gasteiger partial charge in [0.2, 0.25) is 0 Å². The van der Waals surface area contributed by atoms with E-state index in [-0.39, 0.29) is 12.1 Å². The molecule has 1 saturated carbocycles. The third-order valence-corrected chi connectivity index (χ3v) is 9.13. The number of amides is 4. The Morgan fingerprint density at radius 3 is 1.29 bits per heavy atom. The van der Waals surface area contributed by atoms with Gasteiger partial charge >= 0.3 is 12.1 Å². The number of carbonyl (C=O) groups is 2. The van der Waals surface area contributed by atoms with Crippen LogP contribution >= 0.6 is 0 Å². The molecule has 252 valence electrons. The number of rotatable bonds is 12. The molecule has 0 aliphatic heterocycles. The van der Waals surface area contributed by atoms with Gasteiger partial charge in [-0.05, 0) is 90.8 Å². The molecule has 0 heterocycles. The minimum absolute atomic E-state index is 0.0936. The van der Waals surface area contributed by atoms with Crippen LogP contribution in [-0.4, -0.2) is 63.1 Å². The van der Waals surface area contributed by atoms with Gasteiger partial charge in [0, 0.05) is 77.1 Å². The first-order valence-corrected chi connectivity index (χ1v) is 17.0. The number of nitrogens with one attached hydrogen (secondary N) is 2. The number of anilines is 4. The number of carbonyl (C=O) groups excluding carboxylic acids is 2. The molecule has 8 heteroatoms. The Hall–Kier alpha value is -4.98. The maximum Gasteiger partial charge on any atom is 0.322 e. The van der Waals surface area contributed by atoms with Gasteiger partial charge in [-0.25, -0.2) is 9.59 Å². The van der Waals surface area contributed by atoms with Crippen molar-refractivity contribution < 1.29 is 9.59 Å². The number of benzene rings is 4. The maximum absolute atomic E-state index is 13.7. The highest BCUT2D eigenvalue weighted by Crippen LogP contribution is 2.32. The smallest absolute Gasteiger partial charge is 0.322 e. The van der Waals surface area contributed by atoms with Gasteiger partial charge in [-0.2, -0.15) is 0 Å². The lowest BCUT2D eigenvalue weighted by Crippen LogP contribution is -2.42. The van der Waals surface area contributed by atoms with Crippen LogP contribution in [0.5, 0.6) is 0 Å². The van der Waals surface area contributed by atoms with Gasteiger partial charge in [-0.15, -0.1) is 0 Å². The summed E-state index contributed by atoms with van der Waals surface area (Å²) in [6.07, 6.45) is 4.17. The van der Waals surface area contributed by atoms with Crippen molar-refractivity contribution in [2.24, 2.45) is 11.8 Å². The van der Waals surface area contributed by atoms with E-state index >= 15 is 0 Å². The second kappa shape index (κ2) is 16.7. The third-order valence-electron chi connectivity index (χ3n) is 9.13. The summed E-state index contributed by atoms with van der Waals surface area (Å²) in [6.45, 7) is 2.41. The molecular weight excluding hydrogens is 596 g/mol. The van der Waals surface area contributed by atoms with E-state index in [2.05, 4.69) is 34.9 Å². The first kappa shape index (κ1) is 34.4. The summed E-state index contributed by atoms with van der Waals surface area (Å²) in [5.41, 5.74) is 5.94. The van der Waals surface area contributed by atoms with Crippen LogP contribution in [0.25, 0.3) is 0 Å². The van der Waals surface area contributed by atoms with E-state index in [4.69, 9.17) is 0 Å². The van der Waals surface area contributed by atoms with Crippen LogP contribution in [-0.2, 0) is 13.1 Å². The lowest BCUT2D eigenvalue weighted by molar-refractivity contribution is 0.151. The number of hydrogen-bond donors (Lipinski definition) is 2. The lowest BCUT2D eigenvalue weighted by Gasteiger charge is -2.36. The van der Waals surface area contributed by atoms with Crippen molar-refractivity contribution in [3.05, 3.63) is 120 Å². The van der Waals surface area contributed by atoms with E-state index in [9.17, 15) is 9.59 Å². The molecule has 4 aromatic carbocycles. The van der Waals surface area contributed by atoms with Crippen LogP contribution in [0.4, 0.5) is 32.3 Å². The minimum Gasteiger partial charge on any atom is -0.378 e. The quantitative estimate of drug-likeness (QED) is 0.162. The van der Waals surface area contributed by atoms with Gasteiger partial charge < -0.3 is 30.2 Å². The topological polar surface area (TPSA) is 71.2 Å². The molecule has 5 rings (SSSR count). The first-order valence-electron chi connectivity index (χ1n) is 17.0. The van der Waals surface area contributed by atoms with Crippen LogP contribution in [0, 0.1) is 11.8 Å². The average molecular weight is 647 g/mol. The molecule has 0 spiro atoms. The Morgan fingerprint density at radius 1 is 0.562 bits per heavy atom. The highest BCUT2D eigenvalue weighted by molar-refractivity contribution is 5.90. The van der Waals surface area contributed by atoms with E-state index in [1.807, 2.05) is 133 Å². The van der Waals surface area contributed by atoms with Crippen molar-refractivity contribution in [1.82, 2.24) is 9.80 Å². The SMILES string of the molecule is CN(C)c1ccc(NC(=O)N(Cc2ccccc2)C[C@@H]2CCC[C@@H](CN(Cc3ccccc3)C(=O)Nc3ccc(N(C)C)cc3)C2)cc1. The molecule has 4 aromatic rings. The van der Waals surface area contributed by atoms with Gasteiger partial charge in [0.25, 0.3) is 0 Å². The summed E-state index contributed by atoms with van der Waals surface area (Å²) in [7, 11) is 8.02. The van der Waals surface area contributed by atoms with Crippen LogP contribution in [0.1, 0.15) is 36.8 Å². The van der Waals surface area contributed by atoms with E-state index in [1.165, 1.54) is 0 Å². The van der Waals surface area contributed by atoms with E-state index in [0.717, 1.165) is 59.6 Å². The largest absolute Gasteiger partial charge is 0.378 e. The van der Waals surface area contributed by atoms with Crippen LogP contribution in [0.2, 0.25) is 0 Å². The molecule has 4 amide bonds. The molecule has 1 fully saturated rings. The number of nitrogens with zero attached hydrogens (tertiary/aromatic N) is 4. The summed E-state index contributed by atoms with van der Waals surface area (Å²) >= 11 is 0. The summed E-state index contributed by atoms with van der Waals surface area (Å²) < 4.78 is 0. The Morgan fingerprint density at radius 2 is 0.938 bits per heavy atom. The zero-order valence-electron chi connectivity index (χ0n) is 28.8. The summed E-state index contributed by atoms with van der Waals surface area (Å²) in [4.78, 5) is 35.5. The molecule has 0 saturated heterocycles. The van der Waals surface area contributed by atoms with Crippen LogP contribution in [0.15, 0.2) is 109 Å². The van der Waals surface area contributed by atoms with Gasteiger partial charge in [-0.1, -0.05) is 67.1 Å². The van der Waals surface area contributed by atoms with Gasteiger partial charge in [0.15, 0.2) is 0 Å². The fourth-order valence-corrected chi connectivity index (χ4v) is 6.49. The molecule has 0 radical (unpaired) electrons. The van der Waals surface area contributed by atoms with Crippen molar-refractivity contribution in [2.45, 2.75) is 38.8 Å². The predicted molar refractivity (Wildman–Crippen MR) is 199 cm³/mol. The zero-order valence-corrected chi connectivity index (χ0v) is 28.8. The van der Waals surface area contributed by atoms with Crippen molar-refractivity contribution >= 4 is 34.8 Å². The lowest BCUT2D eigenvalue weighted by atomic mass is 9.80. The molecular formula is C40H50N6O2. The first-order chi connectivity index (χ1) is 23.2. The van der Waals surface area contributed by atoms with E-state index in [0.29, 0.717) is 38.0 Å². The molecule has 0 unspecified atom stereocenters. The average Bonchev–Trinajstić information content (AvgIpc) is 3.09. The van der Waals surface area contributed by atoms with Gasteiger partial charge in [0.05, 0.1) is 0 Å². The second-order valence-electron chi connectivity index (χ2n) is 13.4. The molecule has 0 aromatic heterocycles. The van der Waals surface area contributed by atoms with E-state index in [1.54, 1.807) is 0 Å². The standard InChI is InChI=1S/C40H50N6O2/c1-43(2)37-22-18-35(19-23-37)41-39(47)45(27-31-12-7-5-8-13-31)29-33-16-11-17-34(26-33)30-46(28-32-14-9-6-10-15-32)40(48)42-36-20-24-38(25-21-36)44(3)4/h5-10,12-15,18-25,33-34H,11,16-17,26-30H2,1-4H3,(H,41,47)(H,42,48)/t33-,34-/m1/s1. The van der Waals surface area contributed by atoms with Gasteiger partial charge in [0.1, 0.15) is 0 Å². The van der Waals surface area contributed by atoms with Gasteiger partial charge in [-0.3, -0.25) is 0 Å². The molecule has 2 N–H and O–H groups in total. The highest BCUT2D eigenvalue weighted by Gasteiger charge is 2.29. The summed E-state index contributed by atoms with van der Waals surface area (Å²) in [6, 6.07) is 36.0. The summed E-state index contributed by atoms with van der Waals surface area (Å²) in [5, 5.41) is 6.28. The Labute approximate surface area is 286 Å². The zero-order chi connectivity index (χ0) is 33.9. The van der Waals surface area contributed by atoms with E-state index < -0.39 is 0 Å². The molecule has 2 atom stereocenters. The Balaban J connectivity index is 1.27. The number of urea groups is 2. The Bertz CT molecular complexity index is 1460. The fourth-order valence-electron chi connectivity index (χ4n) is 6.49. The van der Waals surface area contributed by atoms with Crippen molar-refractivity contribution in [3.8, 4) is 0 Å². The number of hydrogen-bond acceptors (Lipinski definition) is 4. The molecule has 1 aliphatic carbocycles. The molecule has 48 heavy (non-hydrogen) atoms. The maximum atomic E-state index is 13.7. The molecule has 0 bridgehead atoms. The highest BCUT2D eigenvalue weighted by atomic mass is 16.2. The Kier molecular flexibility index (Phi) is 12.0.